The number of hydrogen-bond donors (Lipinski definition) is 1. The summed E-state index contributed by atoms with van der Waals surface area (Å²) in [7, 11) is 1.30. The number of hydrogen-bond acceptors (Lipinski definition) is 6. The third kappa shape index (κ3) is 3.42. The fourth-order valence-electron chi connectivity index (χ4n) is 2.21. The van der Waals surface area contributed by atoms with Gasteiger partial charge in [-0.25, -0.2) is 4.79 Å². The molecule has 10 nitrogen and oxygen atoms in total. The molecule has 0 spiro atoms. The van der Waals surface area contributed by atoms with Gasteiger partial charge in [-0.15, -0.1) is 0 Å². The molecule has 0 aliphatic rings. The minimum Gasteiger partial charge on any atom is -0.478 e. The van der Waals surface area contributed by atoms with Crippen molar-refractivity contribution >= 4 is 28.9 Å². The van der Waals surface area contributed by atoms with Gasteiger partial charge in [0.2, 0.25) is 0 Å². The van der Waals surface area contributed by atoms with Gasteiger partial charge < -0.3 is 10.0 Å². The predicted octanol–water partition coefficient (Wildman–Crippen LogP) is 2.48. The second-order valence-corrected chi connectivity index (χ2v) is 4.90. The quantitative estimate of drug-likeness (QED) is 0.647. The van der Waals surface area contributed by atoms with Crippen molar-refractivity contribution in [2.24, 2.45) is 0 Å². The number of nitro benzene ring substituents is 2. The highest BCUT2D eigenvalue weighted by molar-refractivity contribution is 6.09. The van der Waals surface area contributed by atoms with E-state index in [2.05, 4.69) is 0 Å². The summed E-state index contributed by atoms with van der Waals surface area (Å²) in [4.78, 5) is 44.7. The fourth-order valence-corrected chi connectivity index (χ4v) is 2.21. The van der Waals surface area contributed by atoms with Gasteiger partial charge in [-0.05, 0) is 18.2 Å². The van der Waals surface area contributed by atoms with E-state index in [1.165, 1.54) is 31.3 Å². The van der Waals surface area contributed by atoms with E-state index >= 15 is 0 Å². The number of nitrogens with zero attached hydrogens (tertiary/aromatic N) is 3. The number of nitro groups is 2. The van der Waals surface area contributed by atoms with Crippen LogP contribution < -0.4 is 4.90 Å². The number of carboxylic acid groups (broad SMARTS) is 1. The van der Waals surface area contributed by atoms with Gasteiger partial charge in [0, 0.05) is 24.7 Å². The minimum absolute atomic E-state index is 0.0843. The number of aromatic carboxylic acids is 1. The van der Waals surface area contributed by atoms with E-state index < -0.39 is 33.1 Å². The monoisotopic (exact) mass is 345 g/mol. The van der Waals surface area contributed by atoms with Gasteiger partial charge in [-0.1, -0.05) is 12.1 Å². The van der Waals surface area contributed by atoms with Crippen molar-refractivity contribution in [3.8, 4) is 0 Å². The Morgan fingerprint density at radius 1 is 1.00 bits per heavy atom. The van der Waals surface area contributed by atoms with Crippen molar-refractivity contribution in [3.05, 3.63) is 73.8 Å². The molecule has 128 valence electrons. The van der Waals surface area contributed by atoms with Gasteiger partial charge in [-0.3, -0.25) is 25.0 Å². The van der Waals surface area contributed by atoms with Crippen molar-refractivity contribution in [1.82, 2.24) is 0 Å². The van der Waals surface area contributed by atoms with Gasteiger partial charge in [-0.2, -0.15) is 0 Å². The summed E-state index contributed by atoms with van der Waals surface area (Å²) < 4.78 is 0. The summed E-state index contributed by atoms with van der Waals surface area (Å²) in [5.74, 6) is -1.99. The molecule has 0 aliphatic heterocycles. The van der Waals surface area contributed by atoms with Gasteiger partial charge in [0.15, 0.2) is 0 Å². The van der Waals surface area contributed by atoms with Crippen LogP contribution in [0.4, 0.5) is 17.1 Å². The Labute approximate surface area is 140 Å². The molecular weight excluding hydrogens is 334 g/mol. The minimum atomic E-state index is -1.25. The second-order valence-electron chi connectivity index (χ2n) is 4.90. The first-order chi connectivity index (χ1) is 11.7. The third-order valence-corrected chi connectivity index (χ3v) is 3.42. The number of amides is 1. The Balaban J connectivity index is 2.48. The van der Waals surface area contributed by atoms with Gasteiger partial charge >= 0.3 is 17.3 Å². The van der Waals surface area contributed by atoms with E-state index in [9.17, 15) is 34.9 Å². The van der Waals surface area contributed by atoms with Crippen LogP contribution in [0.3, 0.4) is 0 Å². The van der Waals surface area contributed by atoms with Crippen molar-refractivity contribution in [2.75, 3.05) is 11.9 Å². The van der Waals surface area contributed by atoms with Crippen LogP contribution in [0.25, 0.3) is 0 Å². The SMILES string of the molecule is CN(C(=O)c1ccc([N+](=O)[O-])c([N+](=O)[O-])c1)c1ccccc1C(=O)O. The fraction of sp³-hybridized carbons (Fsp3) is 0.0667. The van der Waals surface area contributed by atoms with E-state index in [4.69, 9.17) is 0 Å². The molecule has 0 radical (unpaired) electrons. The zero-order valence-corrected chi connectivity index (χ0v) is 12.8. The van der Waals surface area contributed by atoms with E-state index in [0.717, 1.165) is 23.1 Å². The first-order valence-corrected chi connectivity index (χ1v) is 6.77. The molecule has 0 aliphatic carbocycles. The highest BCUT2D eigenvalue weighted by Gasteiger charge is 2.27. The Kier molecular flexibility index (Phi) is 4.73. The van der Waals surface area contributed by atoms with Crippen molar-refractivity contribution in [1.29, 1.82) is 0 Å². The number of carbonyl (C=O) groups excluding carboxylic acids is 1. The molecule has 2 rings (SSSR count). The Morgan fingerprint density at radius 2 is 1.60 bits per heavy atom. The maximum absolute atomic E-state index is 12.5. The van der Waals surface area contributed by atoms with Crippen LogP contribution in [-0.4, -0.2) is 33.9 Å². The summed E-state index contributed by atoms with van der Waals surface area (Å²) in [5, 5.41) is 31.0. The van der Waals surface area contributed by atoms with Crippen molar-refractivity contribution < 1.29 is 24.5 Å². The topological polar surface area (TPSA) is 144 Å². The highest BCUT2D eigenvalue weighted by Crippen LogP contribution is 2.29. The molecule has 2 aromatic carbocycles. The summed E-state index contributed by atoms with van der Waals surface area (Å²) in [6, 6.07) is 8.46. The lowest BCUT2D eigenvalue weighted by Crippen LogP contribution is -2.28. The Morgan fingerprint density at radius 3 is 2.16 bits per heavy atom. The lowest BCUT2D eigenvalue weighted by molar-refractivity contribution is -0.422. The van der Waals surface area contributed by atoms with Crippen molar-refractivity contribution in [2.45, 2.75) is 0 Å². The normalized spacial score (nSPS) is 10.1. The van der Waals surface area contributed by atoms with Crippen LogP contribution in [0.1, 0.15) is 20.7 Å². The molecule has 0 saturated heterocycles. The van der Waals surface area contributed by atoms with Crippen LogP contribution in [0, 0.1) is 20.2 Å². The third-order valence-electron chi connectivity index (χ3n) is 3.42. The van der Waals surface area contributed by atoms with Gasteiger partial charge in [0.1, 0.15) is 0 Å². The number of rotatable bonds is 5. The molecule has 0 saturated carbocycles. The molecule has 0 aromatic heterocycles. The number of benzene rings is 2. The molecule has 0 unspecified atom stereocenters. The summed E-state index contributed by atoms with van der Waals surface area (Å²) in [5.41, 5.74) is -1.79. The summed E-state index contributed by atoms with van der Waals surface area (Å²) in [6.07, 6.45) is 0. The molecule has 2 aromatic rings. The zero-order valence-electron chi connectivity index (χ0n) is 12.8. The van der Waals surface area contributed by atoms with Gasteiger partial charge in [0.25, 0.3) is 5.91 Å². The molecule has 0 bridgehead atoms. The van der Waals surface area contributed by atoms with E-state index in [1.807, 2.05) is 0 Å². The van der Waals surface area contributed by atoms with Crippen LogP contribution in [-0.2, 0) is 0 Å². The maximum Gasteiger partial charge on any atom is 0.346 e. The molecule has 0 atom stereocenters. The van der Waals surface area contributed by atoms with Crippen LogP contribution >= 0.6 is 0 Å². The summed E-state index contributed by atoms with van der Waals surface area (Å²) >= 11 is 0. The number of carboxylic acids is 1. The number of para-hydroxylation sites is 1. The summed E-state index contributed by atoms with van der Waals surface area (Å²) in [6.45, 7) is 0. The lowest BCUT2D eigenvalue weighted by Gasteiger charge is -2.19. The molecular formula is C15H11N3O7. The van der Waals surface area contributed by atoms with Crippen LogP contribution in [0.5, 0.6) is 0 Å². The Hall–Kier alpha value is -3.82. The van der Waals surface area contributed by atoms with Crippen LogP contribution in [0.15, 0.2) is 42.5 Å². The second kappa shape index (κ2) is 6.74. The largest absolute Gasteiger partial charge is 0.478 e. The van der Waals surface area contributed by atoms with E-state index in [0.29, 0.717) is 0 Å². The number of carbonyl (C=O) groups is 2. The van der Waals surface area contributed by atoms with E-state index in [-0.39, 0.29) is 16.8 Å². The average Bonchev–Trinajstić information content (AvgIpc) is 2.59. The molecule has 25 heavy (non-hydrogen) atoms. The van der Waals surface area contributed by atoms with Crippen molar-refractivity contribution in [3.63, 3.8) is 0 Å². The van der Waals surface area contributed by atoms with Gasteiger partial charge in [0.05, 0.1) is 21.1 Å². The first kappa shape index (κ1) is 17.5. The lowest BCUT2D eigenvalue weighted by atomic mass is 10.1. The Bertz CT molecular complexity index is 894. The molecule has 1 amide bonds. The zero-order chi connectivity index (χ0) is 18.7. The van der Waals surface area contributed by atoms with E-state index in [1.54, 1.807) is 0 Å². The molecule has 10 heteroatoms. The number of anilines is 1. The molecule has 1 N–H and O–H groups in total. The molecule has 0 heterocycles. The van der Waals surface area contributed by atoms with Crippen LogP contribution in [0.2, 0.25) is 0 Å². The smallest absolute Gasteiger partial charge is 0.346 e. The first-order valence-electron chi connectivity index (χ1n) is 6.77. The highest BCUT2D eigenvalue weighted by atomic mass is 16.6. The predicted molar refractivity (Wildman–Crippen MR) is 85.9 cm³/mol. The standard InChI is InChI=1S/C15H11N3O7/c1-16(11-5-3-2-4-10(11)15(20)21)14(19)9-6-7-12(17(22)23)13(8-9)18(24)25/h2-8H,1H3,(H,20,21). The maximum atomic E-state index is 12.5. The molecule has 0 fully saturated rings. The average molecular weight is 345 g/mol.